The quantitative estimate of drug-likeness (QED) is 0.253. The monoisotopic (exact) mass is 444 g/mol. The third-order valence-corrected chi connectivity index (χ3v) is 5.39. The Balaban J connectivity index is 1.86. The molecule has 0 aliphatic heterocycles. The second kappa shape index (κ2) is 8.43. The zero-order chi connectivity index (χ0) is 22.9. The van der Waals surface area contributed by atoms with Crippen LogP contribution in [0.25, 0.3) is 44.9 Å². The van der Waals surface area contributed by atoms with Crippen LogP contribution in [0.15, 0.2) is 101 Å². The van der Waals surface area contributed by atoms with Crippen molar-refractivity contribution in [3.63, 3.8) is 0 Å². The molecule has 33 heavy (non-hydrogen) atoms. The standard InChI is InChI=1S/C28H16F4O/c29-21-9-1-17(2-10-21)25-26(18-3-11-22(30)12-4-18)28(20-7-15-24(32)16-8-20)33-27(25)19-5-13-23(31)14-6-19/h1-16H. The molecule has 0 saturated carbocycles. The summed E-state index contributed by atoms with van der Waals surface area (Å²) in [6.07, 6.45) is 0. The molecular weight excluding hydrogens is 428 g/mol. The zero-order valence-electron chi connectivity index (χ0n) is 17.2. The molecule has 0 aliphatic rings. The van der Waals surface area contributed by atoms with Gasteiger partial charge in [0.2, 0.25) is 0 Å². The molecule has 0 radical (unpaired) electrons. The van der Waals surface area contributed by atoms with Gasteiger partial charge in [-0.2, -0.15) is 0 Å². The van der Waals surface area contributed by atoms with Crippen LogP contribution in [0.5, 0.6) is 0 Å². The van der Waals surface area contributed by atoms with Gasteiger partial charge < -0.3 is 4.42 Å². The molecule has 0 atom stereocenters. The number of halogens is 4. The minimum Gasteiger partial charge on any atom is -0.455 e. The predicted molar refractivity (Wildman–Crippen MR) is 120 cm³/mol. The maximum absolute atomic E-state index is 13.7. The van der Waals surface area contributed by atoms with Crippen LogP contribution < -0.4 is 0 Å². The van der Waals surface area contributed by atoms with E-state index in [0.717, 1.165) is 0 Å². The van der Waals surface area contributed by atoms with Crippen LogP contribution in [0.2, 0.25) is 0 Å². The molecular formula is C28H16F4O. The van der Waals surface area contributed by atoms with Crippen molar-refractivity contribution in [3.8, 4) is 44.9 Å². The molecule has 5 rings (SSSR count). The molecule has 5 aromatic rings. The summed E-state index contributed by atoms with van der Waals surface area (Å²) in [6.45, 7) is 0. The molecule has 5 heteroatoms. The van der Waals surface area contributed by atoms with Gasteiger partial charge in [0.05, 0.1) is 0 Å². The van der Waals surface area contributed by atoms with Gasteiger partial charge in [-0.25, -0.2) is 17.6 Å². The first-order valence-electron chi connectivity index (χ1n) is 10.2. The van der Waals surface area contributed by atoms with Gasteiger partial charge in [0.1, 0.15) is 34.8 Å². The van der Waals surface area contributed by atoms with Gasteiger partial charge in [0, 0.05) is 22.3 Å². The summed E-state index contributed by atoms with van der Waals surface area (Å²) in [4.78, 5) is 0. The van der Waals surface area contributed by atoms with Crippen LogP contribution in [-0.4, -0.2) is 0 Å². The Morgan fingerprint density at radius 1 is 0.333 bits per heavy atom. The first kappa shape index (κ1) is 20.8. The Labute approximate surface area is 187 Å². The highest BCUT2D eigenvalue weighted by atomic mass is 19.1. The van der Waals surface area contributed by atoms with E-state index >= 15 is 0 Å². The van der Waals surface area contributed by atoms with Crippen LogP contribution in [-0.2, 0) is 0 Å². The van der Waals surface area contributed by atoms with Gasteiger partial charge in [-0.05, 0) is 83.9 Å². The highest BCUT2D eigenvalue weighted by Gasteiger charge is 2.25. The lowest BCUT2D eigenvalue weighted by Crippen LogP contribution is -1.87. The zero-order valence-corrected chi connectivity index (χ0v) is 17.2. The normalized spacial score (nSPS) is 11.0. The Morgan fingerprint density at radius 3 is 0.848 bits per heavy atom. The lowest BCUT2D eigenvalue weighted by molar-refractivity contribution is 0.596. The number of furan rings is 1. The van der Waals surface area contributed by atoms with E-state index in [1.807, 2.05) is 0 Å². The van der Waals surface area contributed by atoms with Gasteiger partial charge in [0.25, 0.3) is 0 Å². The van der Waals surface area contributed by atoms with E-state index in [4.69, 9.17) is 4.42 Å². The average Bonchev–Trinajstić information content (AvgIpc) is 3.21. The maximum atomic E-state index is 13.7. The molecule has 0 unspecified atom stereocenters. The second-order valence-electron chi connectivity index (χ2n) is 7.54. The first-order valence-corrected chi connectivity index (χ1v) is 10.2. The van der Waals surface area contributed by atoms with Gasteiger partial charge in [-0.15, -0.1) is 0 Å². The fourth-order valence-electron chi connectivity index (χ4n) is 3.82. The Bertz CT molecular complexity index is 1290. The molecule has 0 fully saturated rings. The van der Waals surface area contributed by atoms with E-state index in [1.54, 1.807) is 48.5 Å². The number of rotatable bonds is 4. The molecule has 1 aromatic heterocycles. The van der Waals surface area contributed by atoms with E-state index in [2.05, 4.69) is 0 Å². The minimum absolute atomic E-state index is 0.396. The van der Waals surface area contributed by atoms with Crippen molar-refractivity contribution in [2.75, 3.05) is 0 Å². The van der Waals surface area contributed by atoms with E-state index in [-0.39, 0.29) is 0 Å². The first-order chi connectivity index (χ1) is 16.0. The van der Waals surface area contributed by atoms with Crippen LogP contribution >= 0.6 is 0 Å². The van der Waals surface area contributed by atoms with E-state index in [0.29, 0.717) is 44.9 Å². The summed E-state index contributed by atoms with van der Waals surface area (Å²) in [5.41, 5.74) is 3.79. The van der Waals surface area contributed by atoms with Crippen LogP contribution in [0, 0.1) is 23.3 Å². The average molecular weight is 444 g/mol. The van der Waals surface area contributed by atoms with Crippen molar-refractivity contribution in [3.05, 3.63) is 120 Å². The summed E-state index contributed by atoms with van der Waals surface area (Å²) >= 11 is 0. The Kier molecular flexibility index (Phi) is 5.31. The van der Waals surface area contributed by atoms with Crippen LogP contribution in [0.3, 0.4) is 0 Å². The molecule has 0 spiro atoms. The van der Waals surface area contributed by atoms with Crippen molar-refractivity contribution in [1.82, 2.24) is 0 Å². The maximum Gasteiger partial charge on any atom is 0.143 e. The predicted octanol–water partition coefficient (Wildman–Crippen LogP) is 8.50. The number of hydrogen-bond acceptors (Lipinski definition) is 1. The minimum atomic E-state index is -0.397. The van der Waals surface area contributed by atoms with Gasteiger partial charge >= 0.3 is 0 Å². The lowest BCUT2D eigenvalue weighted by Gasteiger charge is -2.09. The van der Waals surface area contributed by atoms with Gasteiger partial charge in [-0.1, -0.05) is 24.3 Å². The second-order valence-corrected chi connectivity index (χ2v) is 7.54. The lowest BCUT2D eigenvalue weighted by atomic mass is 9.91. The Morgan fingerprint density at radius 2 is 0.576 bits per heavy atom. The molecule has 1 nitrogen and oxygen atoms in total. The van der Waals surface area contributed by atoms with Crippen LogP contribution in [0.1, 0.15) is 0 Å². The molecule has 0 aliphatic carbocycles. The van der Waals surface area contributed by atoms with Crippen molar-refractivity contribution in [1.29, 1.82) is 0 Å². The van der Waals surface area contributed by atoms with Crippen molar-refractivity contribution >= 4 is 0 Å². The van der Waals surface area contributed by atoms with E-state index < -0.39 is 23.3 Å². The topological polar surface area (TPSA) is 13.1 Å². The molecule has 0 N–H and O–H groups in total. The molecule has 162 valence electrons. The largest absolute Gasteiger partial charge is 0.455 e. The molecule has 1 heterocycles. The molecule has 0 amide bonds. The van der Waals surface area contributed by atoms with E-state index in [9.17, 15) is 17.6 Å². The summed E-state index contributed by atoms with van der Waals surface area (Å²) in [6, 6.07) is 23.5. The van der Waals surface area contributed by atoms with Crippen molar-refractivity contribution in [2.45, 2.75) is 0 Å². The summed E-state index contributed by atoms with van der Waals surface area (Å²) in [5, 5.41) is 0. The van der Waals surface area contributed by atoms with Crippen LogP contribution in [0.4, 0.5) is 17.6 Å². The highest BCUT2D eigenvalue weighted by Crippen LogP contribution is 2.48. The Hall–Kier alpha value is -4.12. The summed E-state index contributed by atoms with van der Waals surface area (Å²) in [5.74, 6) is -0.724. The van der Waals surface area contributed by atoms with Gasteiger partial charge in [-0.3, -0.25) is 0 Å². The summed E-state index contributed by atoms with van der Waals surface area (Å²) in [7, 11) is 0. The smallest absolute Gasteiger partial charge is 0.143 e. The third-order valence-electron chi connectivity index (χ3n) is 5.39. The van der Waals surface area contributed by atoms with Crippen molar-refractivity contribution < 1.29 is 22.0 Å². The molecule has 4 aromatic carbocycles. The molecule has 0 saturated heterocycles. The van der Waals surface area contributed by atoms with E-state index in [1.165, 1.54) is 48.5 Å². The van der Waals surface area contributed by atoms with Crippen molar-refractivity contribution in [2.24, 2.45) is 0 Å². The number of benzene rings is 4. The molecule has 0 bridgehead atoms. The highest BCUT2D eigenvalue weighted by molar-refractivity contribution is 5.99. The SMILES string of the molecule is Fc1ccc(-c2oc(-c3ccc(F)cc3)c(-c3ccc(F)cc3)c2-c2ccc(F)cc2)cc1. The third kappa shape index (κ3) is 4.05. The number of hydrogen-bond donors (Lipinski definition) is 0. The fourth-order valence-corrected chi connectivity index (χ4v) is 3.82. The summed E-state index contributed by atoms with van der Waals surface area (Å²) < 4.78 is 61.0. The fraction of sp³-hybridized carbons (Fsp3) is 0. The van der Waals surface area contributed by atoms with Gasteiger partial charge in [0.15, 0.2) is 0 Å².